The second kappa shape index (κ2) is 5.94. The summed E-state index contributed by atoms with van der Waals surface area (Å²) >= 11 is 4.63. The van der Waals surface area contributed by atoms with E-state index in [4.69, 9.17) is 0 Å². The Morgan fingerprint density at radius 1 is 1.45 bits per heavy atom. The first-order valence-corrected chi connectivity index (χ1v) is 7.32. The van der Waals surface area contributed by atoms with E-state index in [0.717, 1.165) is 14.9 Å². The van der Waals surface area contributed by atoms with Gasteiger partial charge in [0.05, 0.1) is 6.10 Å². The highest BCUT2D eigenvalue weighted by Gasteiger charge is 2.10. The number of hydrogen-bond donors (Lipinski definition) is 2. The van der Waals surface area contributed by atoms with Gasteiger partial charge in [0.25, 0.3) is 0 Å². The molecular formula is C12H12BrN3O3S. The Bertz CT molecular complexity index is 754. The van der Waals surface area contributed by atoms with E-state index in [0.29, 0.717) is 5.16 Å². The number of benzene rings is 1. The molecule has 0 saturated carbocycles. The van der Waals surface area contributed by atoms with E-state index in [1.54, 1.807) is 20.0 Å². The number of hydrogen-bond acceptors (Lipinski definition) is 5. The van der Waals surface area contributed by atoms with Crippen LogP contribution in [0.1, 0.15) is 18.6 Å². The second-order valence-corrected chi connectivity index (χ2v) is 6.06. The molecule has 1 atom stereocenters. The summed E-state index contributed by atoms with van der Waals surface area (Å²) < 4.78 is 2.16. The molecule has 2 N–H and O–H groups in total. The lowest BCUT2D eigenvalue weighted by molar-refractivity contribution is 0.198. The molecule has 0 spiro atoms. The number of nitrogens with one attached hydrogen (secondary N) is 1. The van der Waals surface area contributed by atoms with Crippen LogP contribution >= 0.6 is 27.7 Å². The number of rotatable bonds is 3. The molecule has 0 unspecified atom stereocenters. The van der Waals surface area contributed by atoms with Gasteiger partial charge in [0.15, 0.2) is 5.16 Å². The Balaban J connectivity index is 2.36. The molecule has 0 radical (unpaired) electrons. The van der Waals surface area contributed by atoms with Crippen molar-refractivity contribution in [1.29, 1.82) is 0 Å². The highest BCUT2D eigenvalue weighted by molar-refractivity contribution is 9.10. The zero-order valence-electron chi connectivity index (χ0n) is 10.8. The summed E-state index contributed by atoms with van der Waals surface area (Å²) in [6.07, 6.45) is -0.570. The summed E-state index contributed by atoms with van der Waals surface area (Å²) in [6, 6.07) is 5.43. The summed E-state index contributed by atoms with van der Waals surface area (Å²) in [6.45, 7) is 1.68. The largest absolute Gasteiger partial charge is 0.389 e. The van der Waals surface area contributed by atoms with Crippen molar-refractivity contribution in [3.63, 3.8) is 0 Å². The lowest BCUT2D eigenvalue weighted by atomic mass is 10.1. The molecule has 2 rings (SSSR count). The molecule has 1 aromatic carbocycles. The maximum atomic E-state index is 11.3. The van der Waals surface area contributed by atoms with Crippen LogP contribution in [-0.2, 0) is 7.05 Å². The molecule has 20 heavy (non-hydrogen) atoms. The highest BCUT2D eigenvalue weighted by atomic mass is 79.9. The van der Waals surface area contributed by atoms with Crippen molar-refractivity contribution in [3.05, 3.63) is 48.9 Å². The van der Waals surface area contributed by atoms with Crippen molar-refractivity contribution < 1.29 is 5.11 Å². The maximum absolute atomic E-state index is 11.3. The molecule has 0 aliphatic heterocycles. The van der Waals surface area contributed by atoms with Gasteiger partial charge in [-0.2, -0.15) is 4.98 Å². The van der Waals surface area contributed by atoms with Crippen molar-refractivity contribution in [2.45, 2.75) is 23.1 Å². The van der Waals surface area contributed by atoms with Gasteiger partial charge < -0.3 is 5.11 Å². The number of nitrogens with zero attached hydrogens (tertiary/aromatic N) is 2. The molecule has 0 bridgehead atoms. The van der Waals surface area contributed by atoms with Crippen molar-refractivity contribution >= 4 is 27.7 Å². The molecule has 106 valence electrons. The number of aryl methyl sites for hydroxylation is 1. The smallest absolute Gasteiger partial charge is 0.339 e. The number of H-pyrrole nitrogens is 1. The van der Waals surface area contributed by atoms with Gasteiger partial charge in [0.1, 0.15) is 0 Å². The highest BCUT2D eigenvalue weighted by Crippen LogP contribution is 2.31. The van der Waals surface area contributed by atoms with Gasteiger partial charge in [-0.3, -0.25) is 19.4 Å². The topological polar surface area (TPSA) is 88.0 Å². The van der Waals surface area contributed by atoms with Crippen LogP contribution in [0.25, 0.3) is 0 Å². The van der Waals surface area contributed by atoms with Crippen LogP contribution in [0.2, 0.25) is 0 Å². The summed E-state index contributed by atoms with van der Waals surface area (Å²) in [5, 5.41) is 12.3. The van der Waals surface area contributed by atoms with E-state index in [2.05, 4.69) is 26.0 Å². The van der Waals surface area contributed by atoms with Crippen LogP contribution < -0.4 is 11.1 Å². The lowest BCUT2D eigenvalue weighted by Gasteiger charge is -2.10. The van der Waals surface area contributed by atoms with Crippen LogP contribution in [0.4, 0.5) is 0 Å². The van der Waals surface area contributed by atoms with Gasteiger partial charge in [-0.25, -0.2) is 0 Å². The van der Waals surface area contributed by atoms with E-state index in [1.165, 1.54) is 16.4 Å². The Morgan fingerprint density at radius 2 is 2.15 bits per heavy atom. The first-order chi connectivity index (χ1) is 9.38. The van der Waals surface area contributed by atoms with Crippen molar-refractivity contribution in [2.24, 2.45) is 7.05 Å². The average molecular weight is 358 g/mol. The fourth-order valence-electron chi connectivity index (χ4n) is 1.57. The molecule has 6 nitrogen and oxygen atoms in total. The Labute approximate surface area is 127 Å². The molecule has 1 heterocycles. The van der Waals surface area contributed by atoms with Gasteiger partial charge in [-0.1, -0.05) is 33.8 Å². The normalized spacial score (nSPS) is 12.4. The van der Waals surface area contributed by atoms with Gasteiger partial charge >= 0.3 is 11.1 Å². The minimum atomic E-state index is -0.815. The Kier molecular flexibility index (Phi) is 4.46. The van der Waals surface area contributed by atoms with Crippen molar-refractivity contribution in [1.82, 2.24) is 14.8 Å². The van der Waals surface area contributed by atoms with E-state index in [1.807, 2.05) is 12.1 Å². The van der Waals surface area contributed by atoms with Crippen LogP contribution in [0, 0.1) is 0 Å². The van der Waals surface area contributed by atoms with Gasteiger partial charge in [-0.05, 0) is 24.6 Å². The fourth-order valence-corrected chi connectivity index (χ4v) is 3.26. The van der Waals surface area contributed by atoms with Crippen LogP contribution in [0.5, 0.6) is 0 Å². The summed E-state index contributed by atoms with van der Waals surface area (Å²) in [5.74, 6) is 0. The number of aromatic amines is 1. The first kappa shape index (κ1) is 15.0. The minimum absolute atomic E-state index is 0.381. The SMILES string of the molecule is C[C@H](O)c1ccc(Sc2nc(=O)c(=O)[nH]n2C)cc1Br. The molecular weight excluding hydrogens is 346 g/mol. The van der Waals surface area contributed by atoms with E-state index in [9.17, 15) is 14.7 Å². The quantitative estimate of drug-likeness (QED) is 0.811. The predicted octanol–water partition coefficient (Wildman–Crippen LogP) is 1.44. The Morgan fingerprint density at radius 3 is 2.75 bits per heavy atom. The molecule has 8 heteroatoms. The maximum Gasteiger partial charge on any atom is 0.339 e. The van der Waals surface area contributed by atoms with Crippen LogP contribution in [0.3, 0.4) is 0 Å². The first-order valence-electron chi connectivity index (χ1n) is 5.71. The minimum Gasteiger partial charge on any atom is -0.389 e. The zero-order chi connectivity index (χ0) is 14.9. The molecule has 2 aromatic rings. The number of aliphatic hydroxyl groups is 1. The third kappa shape index (κ3) is 3.20. The number of aliphatic hydroxyl groups excluding tert-OH is 1. The van der Waals surface area contributed by atoms with E-state index >= 15 is 0 Å². The summed E-state index contributed by atoms with van der Waals surface area (Å²) in [4.78, 5) is 26.9. The summed E-state index contributed by atoms with van der Waals surface area (Å²) in [7, 11) is 1.61. The number of aromatic nitrogens is 3. The lowest BCUT2D eigenvalue weighted by Crippen LogP contribution is -2.33. The Hall–Kier alpha value is -1.38. The van der Waals surface area contributed by atoms with Crippen molar-refractivity contribution in [3.8, 4) is 0 Å². The second-order valence-electron chi connectivity index (χ2n) is 4.16. The average Bonchev–Trinajstić information content (AvgIpc) is 2.35. The van der Waals surface area contributed by atoms with Crippen LogP contribution in [-0.4, -0.2) is 19.9 Å². The molecule has 0 aliphatic carbocycles. The molecule has 0 fully saturated rings. The number of halogens is 1. The fraction of sp³-hybridized carbons (Fsp3) is 0.250. The predicted molar refractivity (Wildman–Crippen MR) is 79.0 cm³/mol. The molecule has 0 aliphatic rings. The van der Waals surface area contributed by atoms with Gasteiger partial charge in [0.2, 0.25) is 0 Å². The standard InChI is InChI=1S/C12H12BrN3O3S/c1-6(17)8-4-3-7(5-9(8)13)20-12-14-10(18)11(19)15-16(12)2/h3-6,17H,1-2H3,(H,15,19)/t6-/m0/s1. The monoisotopic (exact) mass is 357 g/mol. The molecule has 0 saturated heterocycles. The van der Waals surface area contributed by atoms with Gasteiger partial charge in [0, 0.05) is 16.4 Å². The van der Waals surface area contributed by atoms with Crippen LogP contribution in [0.15, 0.2) is 42.3 Å². The zero-order valence-corrected chi connectivity index (χ0v) is 13.2. The van der Waals surface area contributed by atoms with Gasteiger partial charge in [-0.15, -0.1) is 0 Å². The van der Waals surface area contributed by atoms with E-state index < -0.39 is 17.2 Å². The molecule has 1 aromatic heterocycles. The van der Waals surface area contributed by atoms with Crippen molar-refractivity contribution in [2.75, 3.05) is 0 Å². The van der Waals surface area contributed by atoms with E-state index in [-0.39, 0.29) is 0 Å². The third-order valence-electron chi connectivity index (χ3n) is 2.58. The molecule has 0 amide bonds. The third-order valence-corrected chi connectivity index (χ3v) is 4.30. The summed E-state index contributed by atoms with van der Waals surface area (Å²) in [5.41, 5.74) is -0.787.